The maximum atomic E-state index is 13.3. The van der Waals surface area contributed by atoms with Crippen LogP contribution in [0.4, 0.5) is 4.39 Å². The van der Waals surface area contributed by atoms with Gasteiger partial charge in [0, 0.05) is 29.8 Å². The number of nitrogens with one attached hydrogen (secondary N) is 1. The molecule has 1 aromatic heterocycles. The maximum absolute atomic E-state index is 13.3. The Balaban J connectivity index is 1.77. The first-order chi connectivity index (χ1) is 15.5. The number of thiocarbonyl (C=S) groups is 1. The van der Waals surface area contributed by atoms with Crippen LogP contribution >= 0.6 is 24.0 Å². The highest BCUT2D eigenvalue weighted by Crippen LogP contribution is 2.37. The van der Waals surface area contributed by atoms with E-state index in [4.69, 9.17) is 21.5 Å². The molecule has 3 aromatic rings. The highest BCUT2D eigenvalue weighted by atomic mass is 32.2. The van der Waals surface area contributed by atoms with Gasteiger partial charge >= 0.3 is 0 Å². The SMILES string of the molecule is COCCN1C(=S)NC(c2ccc(SC)cc2)C(c2nc(-c3ccc(F)cc3)no2)=C1C. The van der Waals surface area contributed by atoms with Crippen LogP contribution in [0.2, 0.25) is 0 Å². The summed E-state index contributed by atoms with van der Waals surface area (Å²) in [6.45, 7) is 3.10. The summed E-state index contributed by atoms with van der Waals surface area (Å²) in [7, 11) is 1.66. The van der Waals surface area contributed by atoms with Gasteiger partial charge in [-0.15, -0.1) is 11.8 Å². The van der Waals surface area contributed by atoms with Crippen molar-refractivity contribution < 1.29 is 13.7 Å². The Morgan fingerprint density at radius 3 is 2.56 bits per heavy atom. The zero-order chi connectivity index (χ0) is 22.7. The number of hydrogen-bond acceptors (Lipinski definition) is 6. The number of ether oxygens (including phenoxy) is 1. The van der Waals surface area contributed by atoms with Gasteiger partial charge < -0.3 is 19.5 Å². The van der Waals surface area contributed by atoms with Crippen molar-refractivity contribution in [1.82, 2.24) is 20.4 Å². The molecule has 166 valence electrons. The van der Waals surface area contributed by atoms with Gasteiger partial charge in [0.15, 0.2) is 5.11 Å². The Kier molecular flexibility index (Phi) is 6.88. The van der Waals surface area contributed by atoms with Crippen molar-refractivity contribution in [3.63, 3.8) is 0 Å². The second-order valence-corrected chi connectivity index (χ2v) is 8.50. The third-order valence-corrected chi connectivity index (χ3v) is 6.41. The Morgan fingerprint density at radius 2 is 1.91 bits per heavy atom. The van der Waals surface area contributed by atoms with Gasteiger partial charge in [0.2, 0.25) is 5.82 Å². The van der Waals surface area contributed by atoms with E-state index in [0.29, 0.717) is 35.5 Å². The van der Waals surface area contributed by atoms with Gasteiger partial charge in [-0.1, -0.05) is 17.3 Å². The largest absolute Gasteiger partial charge is 0.383 e. The normalized spacial score (nSPS) is 16.4. The molecule has 1 unspecified atom stereocenters. The third kappa shape index (κ3) is 4.55. The molecule has 0 amide bonds. The first-order valence-corrected chi connectivity index (χ1v) is 11.7. The zero-order valence-electron chi connectivity index (χ0n) is 18.0. The molecule has 1 atom stereocenters. The van der Waals surface area contributed by atoms with Crippen molar-refractivity contribution in [3.05, 3.63) is 71.5 Å². The summed E-state index contributed by atoms with van der Waals surface area (Å²) in [5.74, 6) is 0.468. The van der Waals surface area contributed by atoms with Crippen LogP contribution in [0.25, 0.3) is 17.0 Å². The predicted octanol–water partition coefficient (Wildman–Crippen LogP) is 4.91. The van der Waals surface area contributed by atoms with Crippen LogP contribution in [-0.4, -0.2) is 46.7 Å². The average Bonchev–Trinajstić information content (AvgIpc) is 3.29. The number of benzene rings is 2. The summed E-state index contributed by atoms with van der Waals surface area (Å²) >= 11 is 7.34. The monoisotopic (exact) mass is 470 g/mol. The Labute approximate surface area is 195 Å². The third-order valence-electron chi connectivity index (χ3n) is 5.32. The van der Waals surface area contributed by atoms with E-state index in [-0.39, 0.29) is 11.9 Å². The molecule has 32 heavy (non-hydrogen) atoms. The molecular formula is C23H23FN4O2S2. The second-order valence-electron chi connectivity index (χ2n) is 7.23. The van der Waals surface area contributed by atoms with Gasteiger partial charge in [-0.25, -0.2) is 4.39 Å². The Hall–Kier alpha value is -2.75. The fourth-order valence-corrected chi connectivity index (χ4v) is 4.36. The summed E-state index contributed by atoms with van der Waals surface area (Å²) < 4.78 is 24.3. The van der Waals surface area contributed by atoms with Gasteiger partial charge in [-0.05, 0) is 67.4 Å². The second kappa shape index (κ2) is 9.81. The Morgan fingerprint density at radius 1 is 1.19 bits per heavy atom. The molecule has 0 aliphatic carbocycles. The summed E-state index contributed by atoms with van der Waals surface area (Å²) in [6, 6.07) is 14.0. The van der Waals surface area contributed by atoms with Crippen LogP contribution in [0.5, 0.6) is 0 Å². The molecule has 1 aliphatic rings. The van der Waals surface area contributed by atoms with Gasteiger partial charge in [0.25, 0.3) is 5.89 Å². The quantitative estimate of drug-likeness (QED) is 0.386. The molecule has 0 fully saturated rings. The van der Waals surface area contributed by atoms with Gasteiger partial charge in [0.1, 0.15) is 5.82 Å². The smallest absolute Gasteiger partial charge is 0.258 e. The lowest BCUT2D eigenvalue weighted by Crippen LogP contribution is -2.47. The van der Waals surface area contributed by atoms with Crippen molar-refractivity contribution in [2.24, 2.45) is 0 Å². The van der Waals surface area contributed by atoms with E-state index in [2.05, 4.69) is 39.7 Å². The van der Waals surface area contributed by atoms with E-state index >= 15 is 0 Å². The van der Waals surface area contributed by atoms with Crippen molar-refractivity contribution in [2.75, 3.05) is 26.5 Å². The van der Waals surface area contributed by atoms with Gasteiger partial charge in [-0.3, -0.25) is 0 Å². The number of methoxy groups -OCH3 is 1. The van der Waals surface area contributed by atoms with Gasteiger partial charge in [-0.2, -0.15) is 4.98 Å². The van der Waals surface area contributed by atoms with E-state index in [1.807, 2.05) is 18.1 Å². The zero-order valence-corrected chi connectivity index (χ0v) is 19.6. The molecule has 2 aromatic carbocycles. The van der Waals surface area contributed by atoms with E-state index in [0.717, 1.165) is 16.8 Å². The molecular weight excluding hydrogens is 447 g/mol. The standard InChI is InChI=1S/C23H23FN4O2S2/c1-14-19(22-26-21(27-30-22)16-4-8-17(24)9-5-16)20(15-6-10-18(32-3)11-7-15)25-23(31)28(14)12-13-29-2/h4-11,20H,12-13H2,1-3H3,(H,25,31). The molecule has 1 N–H and O–H groups in total. The minimum absolute atomic E-state index is 0.251. The van der Waals surface area contributed by atoms with Crippen molar-refractivity contribution in [2.45, 2.75) is 17.9 Å². The van der Waals surface area contributed by atoms with Crippen LogP contribution in [0.3, 0.4) is 0 Å². The van der Waals surface area contributed by atoms with Crippen LogP contribution in [0, 0.1) is 5.82 Å². The van der Waals surface area contributed by atoms with Crippen LogP contribution in [-0.2, 0) is 4.74 Å². The molecule has 1 aliphatic heterocycles. The van der Waals surface area contributed by atoms with Gasteiger partial charge in [0.05, 0.1) is 18.2 Å². The lowest BCUT2D eigenvalue weighted by Gasteiger charge is -2.37. The van der Waals surface area contributed by atoms with E-state index in [1.54, 1.807) is 31.0 Å². The molecule has 0 saturated heterocycles. The van der Waals surface area contributed by atoms with Crippen molar-refractivity contribution in [1.29, 1.82) is 0 Å². The molecule has 0 radical (unpaired) electrons. The van der Waals surface area contributed by atoms with E-state index < -0.39 is 0 Å². The molecule has 0 spiro atoms. The molecule has 9 heteroatoms. The highest BCUT2D eigenvalue weighted by molar-refractivity contribution is 7.98. The summed E-state index contributed by atoms with van der Waals surface area (Å²) in [5, 5.41) is 8.17. The number of nitrogens with zero attached hydrogens (tertiary/aromatic N) is 3. The number of allylic oxidation sites excluding steroid dienone is 1. The lowest BCUT2D eigenvalue weighted by atomic mass is 9.95. The maximum Gasteiger partial charge on any atom is 0.258 e. The number of hydrogen-bond donors (Lipinski definition) is 1. The summed E-state index contributed by atoms with van der Waals surface area (Å²) in [5.41, 5.74) is 3.47. The topological polar surface area (TPSA) is 63.4 Å². The number of rotatable bonds is 7. The van der Waals surface area contributed by atoms with Crippen LogP contribution in [0.15, 0.2) is 63.6 Å². The fourth-order valence-electron chi connectivity index (χ4n) is 3.61. The number of aromatic nitrogens is 2. The summed E-state index contributed by atoms with van der Waals surface area (Å²) in [4.78, 5) is 7.78. The number of halogens is 1. The number of thioether (sulfide) groups is 1. The molecule has 6 nitrogen and oxygen atoms in total. The predicted molar refractivity (Wildman–Crippen MR) is 128 cm³/mol. The fraction of sp³-hybridized carbons (Fsp3) is 0.261. The Bertz CT molecular complexity index is 1130. The minimum atomic E-state index is -0.316. The van der Waals surface area contributed by atoms with Crippen LogP contribution in [0.1, 0.15) is 24.4 Å². The first kappa shape index (κ1) is 22.4. The lowest BCUT2D eigenvalue weighted by molar-refractivity contribution is 0.183. The minimum Gasteiger partial charge on any atom is -0.383 e. The molecule has 4 rings (SSSR count). The van der Waals surface area contributed by atoms with Crippen molar-refractivity contribution >= 4 is 34.7 Å². The average molecular weight is 471 g/mol. The molecule has 0 bridgehead atoms. The highest BCUT2D eigenvalue weighted by Gasteiger charge is 2.34. The first-order valence-electron chi connectivity index (χ1n) is 10.0. The van der Waals surface area contributed by atoms with Crippen molar-refractivity contribution in [3.8, 4) is 11.4 Å². The van der Waals surface area contributed by atoms with E-state index in [1.165, 1.54) is 17.0 Å². The molecule has 2 heterocycles. The van der Waals surface area contributed by atoms with E-state index in [9.17, 15) is 4.39 Å². The summed E-state index contributed by atoms with van der Waals surface area (Å²) in [6.07, 6.45) is 2.04. The molecule has 0 saturated carbocycles. The van der Waals surface area contributed by atoms with Crippen LogP contribution < -0.4 is 5.32 Å².